The quantitative estimate of drug-likeness (QED) is 0.490. The van der Waals surface area contributed by atoms with Crippen molar-refractivity contribution in [3.05, 3.63) is 24.3 Å². The first kappa shape index (κ1) is 20.1. The highest BCUT2D eigenvalue weighted by Crippen LogP contribution is 2.21. The Morgan fingerprint density at radius 2 is 1.88 bits per heavy atom. The van der Waals surface area contributed by atoms with Gasteiger partial charge in [-0.25, -0.2) is 0 Å². The van der Waals surface area contributed by atoms with Gasteiger partial charge in [0.05, 0.1) is 6.61 Å². The van der Waals surface area contributed by atoms with E-state index in [0.29, 0.717) is 0 Å². The van der Waals surface area contributed by atoms with Gasteiger partial charge in [0.15, 0.2) is 0 Å². The van der Waals surface area contributed by atoms with Crippen LogP contribution >= 0.6 is 0 Å². The third-order valence-electron chi connectivity index (χ3n) is 5.34. The normalized spacial score (nSPS) is 15.5. The van der Waals surface area contributed by atoms with Crippen molar-refractivity contribution in [1.82, 2.24) is 4.90 Å². The fraction of sp³-hybridized carbons (Fsp3) is 0.727. The Morgan fingerprint density at radius 3 is 2.68 bits per heavy atom. The van der Waals surface area contributed by atoms with Crippen LogP contribution in [0.4, 0.5) is 5.69 Å². The van der Waals surface area contributed by atoms with Gasteiger partial charge in [0.2, 0.25) is 0 Å². The van der Waals surface area contributed by atoms with E-state index < -0.39 is 0 Å². The Labute approximate surface area is 155 Å². The predicted octanol–water partition coefficient (Wildman–Crippen LogP) is 5.71. The Morgan fingerprint density at radius 1 is 1.08 bits per heavy atom. The Hall–Kier alpha value is -1.22. The molecule has 1 aromatic rings. The number of anilines is 1. The number of benzene rings is 1. The molecule has 25 heavy (non-hydrogen) atoms. The molecule has 3 nitrogen and oxygen atoms in total. The second-order valence-corrected chi connectivity index (χ2v) is 7.49. The van der Waals surface area contributed by atoms with Crippen LogP contribution in [0, 0.1) is 0 Å². The number of unbranched alkanes of at least 4 members (excludes halogenated alkanes) is 4. The van der Waals surface area contributed by atoms with E-state index in [1.165, 1.54) is 63.5 Å². The molecule has 0 atom stereocenters. The van der Waals surface area contributed by atoms with E-state index in [1.807, 2.05) is 0 Å². The van der Waals surface area contributed by atoms with Crippen LogP contribution in [0.15, 0.2) is 24.3 Å². The Kier molecular flexibility index (Phi) is 9.79. The molecule has 142 valence electrons. The lowest BCUT2D eigenvalue weighted by atomic mass is 9.94. The monoisotopic (exact) mass is 346 g/mol. The summed E-state index contributed by atoms with van der Waals surface area (Å²) in [6.45, 7) is 5.18. The summed E-state index contributed by atoms with van der Waals surface area (Å²) in [6.07, 6.45) is 13.4. The zero-order valence-electron chi connectivity index (χ0n) is 16.4. The number of ether oxygens (including phenoxy) is 1. The molecular formula is C22H38N2O. The van der Waals surface area contributed by atoms with Crippen molar-refractivity contribution >= 4 is 5.69 Å². The number of hydrogen-bond acceptors (Lipinski definition) is 3. The second kappa shape index (κ2) is 12.2. The maximum Gasteiger partial charge on any atom is 0.121 e. The van der Waals surface area contributed by atoms with E-state index in [9.17, 15) is 0 Å². The molecular weight excluding hydrogens is 308 g/mol. The van der Waals surface area contributed by atoms with Crippen LogP contribution in [0.5, 0.6) is 5.75 Å². The molecule has 1 fully saturated rings. The van der Waals surface area contributed by atoms with Gasteiger partial charge in [-0.05, 0) is 38.4 Å². The smallest absolute Gasteiger partial charge is 0.121 e. The third-order valence-corrected chi connectivity index (χ3v) is 5.34. The minimum absolute atomic E-state index is 0.790. The van der Waals surface area contributed by atoms with Gasteiger partial charge < -0.3 is 15.0 Å². The minimum Gasteiger partial charge on any atom is -0.494 e. The molecule has 1 aromatic carbocycles. The van der Waals surface area contributed by atoms with E-state index in [0.717, 1.165) is 37.9 Å². The first-order valence-corrected chi connectivity index (χ1v) is 10.5. The molecule has 1 aliphatic rings. The lowest BCUT2D eigenvalue weighted by molar-refractivity contribution is 0.198. The number of rotatable bonds is 12. The summed E-state index contributed by atoms with van der Waals surface area (Å²) >= 11 is 0. The second-order valence-electron chi connectivity index (χ2n) is 7.49. The van der Waals surface area contributed by atoms with Gasteiger partial charge in [-0.3, -0.25) is 0 Å². The van der Waals surface area contributed by atoms with Crippen LogP contribution in [0.1, 0.15) is 71.1 Å². The highest BCUT2D eigenvalue weighted by Gasteiger charge is 2.17. The SMILES string of the molecule is CCCCCCCOc1cccc(NCCN(C)C2CCCCC2)c1. The summed E-state index contributed by atoms with van der Waals surface area (Å²) in [5, 5.41) is 3.55. The number of nitrogens with one attached hydrogen (secondary N) is 1. The molecule has 0 radical (unpaired) electrons. The summed E-state index contributed by atoms with van der Waals surface area (Å²) in [6, 6.07) is 9.20. The van der Waals surface area contributed by atoms with Gasteiger partial charge in [0.25, 0.3) is 0 Å². The number of hydrogen-bond donors (Lipinski definition) is 1. The van der Waals surface area contributed by atoms with Crippen molar-refractivity contribution < 1.29 is 4.74 Å². The predicted molar refractivity (Wildman–Crippen MR) is 109 cm³/mol. The van der Waals surface area contributed by atoms with Gasteiger partial charge in [0, 0.05) is 30.9 Å². The fourth-order valence-electron chi connectivity index (χ4n) is 3.67. The topological polar surface area (TPSA) is 24.5 Å². The molecule has 2 rings (SSSR count). The van der Waals surface area contributed by atoms with Crippen LogP contribution < -0.4 is 10.1 Å². The fourth-order valence-corrected chi connectivity index (χ4v) is 3.67. The molecule has 0 aliphatic heterocycles. The summed E-state index contributed by atoms with van der Waals surface area (Å²) < 4.78 is 5.90. The lowest BCUT2D eigenvalue weighted by Crippen LogP contribution is -2.36. The zero-order valence-corrected chi connectivity index (χ0v) is 16.4. The summed E-state index contributed by atoms with van der Waals surface area (Å²) in [7, 11) is 2.27. The minimum atomic E-state index is 0.790. The molecule has 3 heteroatoms. The molecule has 0 heterocycles. The van der Waals surface area contributed by atoms with Crippen molar-refractivity contribution in [3.63, 3.8) is 0 Å². The molecule has 1 N–H and O–H groups in total. The van der Waals surface area contributed by atoms with E-state index in [2.05, 4.69) is 48.5 Å². The van der Waals surface area contributed by atoms with Gasteiger partial charge >= 0.3 is 0 Å². The summed E-state index contributed by atoms with van der Waals surface area (Å²) in [4.78, 5) is 2.53. The first-order chi connectivity index (χ1) is 12.3. The van der Waals surface area contributed by atoms with Crippen molar-refractivity contribution in [1.29, 1.82) is 0 Å². The zero-order chi connectivity index (χ0) is 17.7. The average Bonchev–Trinajstić information content (AvgIpc) is 2.65. The molecule has 0 saturated heterocycles. The van der Waals surface area contributed by atoms with E-state index >= 15 is 0 Å². The highest BCUT2D eigenvalue weighted by molar-refractivity contribution is 5.48. The van der Waals surface area contributed by atoms with Crippen molar-refractivity contribution in [2.24, 2.45) is 0 Å². The largest absolute Gasteiger partial charge is 0.494 e. The van der Waals surface area contributed by atoms with Crippen LogP contribution in [0.25, 0.3) is 0 Å². The van der Waals surface area contributed by atoms with Crippen LogP contribution in [-0.2, 0) is 0 Å². The highest BCUT2D eigenvalue weighted by atomic mass is 16.5. The summed E-state index contributed by atoms with van der Waals surface area (Å²) in [5.74, 6) is 0.987. The van der Waals surface area contributed by atoms with Crippen molar-refractivity contribution in [3.8, 4) is 5.75 Å². The van der Waals surface area contributed by atoms with E-state index in [-0.39, 0.29) is 0 Å². The molecule has 1 aliphatic carbocycles. The van der Waals surface area contributed by atoms with Gasteiger partial charge in [-0.15, -0.1) is 0 Å². The Balaban J connectivity index is 1.63. The van der Waals surface area contributed by atoms with E-state index in [4.69, 9.17) is 4.74 Å². The van der Waals surface area contributed by atoms with E-state index in [1.54, 1.807) is 0 Å². The van der Waals surface area contributed by atoms with Crippen LogP contribution in [0.2, 0.25) is 0 Å². The van der Waals surface area contributed by atoms with Gasteiger partial charge in [-0.1, -0.05) is 57.9 Å². The number of nitrogens with zero attached hydrogens (tertiary/aromatic N) is 1. The molecule has 1 saturated carbocycles. The average molecular weight is 347 g/mol. The maximum atomic E-state index is 5.90. The Bertz CT molecular complexity index is 457. The molecule has 0 bridgehead atoms. The molecule has 0 aromatic heterocycles. The van der Waals surface area contributed by atoms with Crippen LogP contribution in [0.3, 0.4) is 0 Å². The first-order valence-electron chi connectivity index (χ1n) is 10.5. The standard InChI is InChI=1S/C22H38N2O/c1-3-4-5-6-10-18-25-22-15-11-12-20(19-22)23-16-17-24(2)21-13-8-7-9-14-21/h11-12,15,19,21,23H,3-10,13-14,16-18H2,1-2H3. The summed E-state index contributed by atoms with van der Waals surface area (Å²) in [5.41, 5.74) is 1.17. The third kappa shape index (κ3) is 8.13. The van der Waals surface area contributed by atoms with Crippen molar-refractivity contribution in [2.75, 3.05) is 32.1 Å². The lowest BCUT2D eigenvalue weighted by Gasteiger charge is -2.31. The molecule has 0 unspecified atom stereocenters. The van der Waals surface area contributed by atoms with Gasteiger partial charge in [0.1, 0.15) is 5.75 Å². The van der Waals surface area contributed by atoms with Gasteiger partial charge in [-0.2, -0.15) is 0 Å². The van der Waals surface area contributed by atoms with Crippen molar-refractivity contribution in [2.45, 2.75) is 77.2 Å². The molecule has 0 amide bonds. The maximum absolute atomic E-state index is 5.90. The molecule has 0 spiro atoms. The van der Waals surface area contributed by atoms with Crippen LogP contribution in [-0.4, -0.2) is 37.7 Å². The number of likely N-dealkylation sites (N-methyl/N-ethyl adjacent to an activating group) is 1.